The van der Waals surface area contributed by atoms with Gasteiger partial charge in [0.2, 0.25) is 0 Å². The van der Waals surface area contributed by atoms with Crippen molar-refractivity contribution in [1.82, 2.24) is 0 Å². The van der Waals surface area contributed by atoms with Crippen molar-refractivity contribution in [3.05, 3.63) is 68.9 Å². The van der Waals surface area contributed by atoms with Gasteiger partial charge in [-0.15, -0.1) is 0 Å². The van der Waals surface area contributed by atoms with Crippen LogP contribution in [0.2, 0.25) is 5.02 Å². The number of alkyl halides is 1. The molecule has 2 rings (SSSR count). The minimum Gasteiger partial charge on any atom is -0.207 e. The average Bonchev–Trinajstić information content (AvgIpc) is 2.32. The molecule has 0 aliphatic heterocycles. The van der Waals surface area contributed by atoms with Gasteiger partial charge in [0.25, 0.3) is 0 Å². The van der Waals surface area contributed by atoms with Crippen LogP contribution in [0.15, 0.2) is 46.9 Å². The van der Waals surface area contributed by atoms with Crippen molar-refractivity contribution in [2.75, 3.05) is 0 Å². The van der Waals surface area contributed by atoms with Gasteiger partial charge in [0.15, 0.2) is 0 Å². The summed E-state index contributed by atoms with van der Waals surface area (Å²) in [5, 5.41) is 0.692. The Bertz CT molecular complexity index is 557. The summed E-state index contributed by atoms with van der Waals surface area (Å²) >= 11 is 13.1. The quantitative estimate of drug-likeness (QED) is 0.569. The normalized spacial score (nSPS) is 12.4. The van der Waals surface area contributed by atoms with Gasteiger partial charge in [-0.25, -0.2) is 4.39 Å². The second-order valence-electron chi connectivity index (χ2n) is 3.97. The van der Waals surface area contributed by atoms with E-state index in [0.717, 1.165) is 15.6 Å². The van der Waals surface area contributed by atoms with Crippen molar-refractivity contribution >= 4 is 43.5 Å². The van der Waals surface area contributed by atoms with E-state index in [1.807, 2.05) is 24.3 Å². The topological polar surface area (TPSA) is 0 Å². The van der Waals surface area contributed by atoms with E-state index in [1.165, 1.54) is 6.07 Å². The van der Waals surface area contributed by atoms with Gasteiger partial charge in [-0.2, -0.15) is 0 Å². The Morgan fingerprint density at radius 1 is 1.17 bits per heavy atom. The molecule has 0 spiro atoms. The van der Waals surface area contributed by atoms with Crippen LogP contribution < -0.4 is 0 Å². The highest BCUT2D eigenvalue weighted by Crippen LogP contribution is 2.34. The van der Waals surface area contributed by atoms with Crippen molar-refractivity contribution in [3.8, 4) is 0 Å². The third-order valence-corrected chi connectivity index (χ3v) is 4.37. The molecule has 0 radical (unpaired) electrons. The fourth-order valence-electron chi connectivity index (χ4n) is 1.74. The number of hydrogen-bond donors (Lipinski definition) is 0. The van der Waals surface area contributed by atoms with E-state index in [-0.39, 0.29) is 10.6 Å². The lowest BCUT2D eigenvalue weighted by Gasteiger charge is -2.13. The molecule has 0 aromatic heterocycles. The van der Waals surface area contributed by atoms with E-state index in [2.05, 4.69) is 31.9 Å². The van der Waals surface area contributed by atoms with Crippen molar-refractivity contribution in [2.24, 2.45) is 0 Å². The number of halogens is 4. The average molecular weight is 392 g/mol. The lowest BCUT2D eigenvalue weighted by Crippen LogP contribution is -1.97. The monoisotopic (exact) mass is 390 g/mol. The maximum atomic E-state index is 13.1. The van der Waals surface area contributed by atoms with E-state index >= 15 is 0 Å². The Balaban J connectivity index is 2.21. The Morgan fingerprint density at radius 3 is 2.67 bits per heavy atom. The second-order valence-corrected chi connectivity index (χ2v) is 6.36. The maximum absolute atomic E-state index is 13.1. The highest BCUT2D eigenvalue weighted by atomic mass is 79.9. The molecule has 0 saturated heterocycles. The van der Waals surface area contributed by atoms with E-state index in [9.17, 15) is 4.39 Å². The molecule has 0 saturated carbocycles. The fraction of sp³-hybridized carbons (Fsp3) is 0.143. The van der Waals surface area contributed by atoms with Gasteiger partial charge in [0.1, 0.15) is 5.82 Å². The van der Waals surface area contributed by atoms with Crippen LogP contribution in [-0.4, -0.2) is 0 Å². The highest BCUT2D eigenvalue weighted by molar-refractivity contribution is 9.11. The Labute approximate surface area is 127 Å². The minimum atomic E-state index is -0.211. The molecule has 1 atom stereocenters. The molecular weight excluding hydrogens is 382 g/mol. The van der Waals surface area contributed by atoms with Crippen LogP contribution in [0, 0.1) is 5.82 Å². The van der Waals surface area contributed by atoms with Crippen LogP contribution in [0.3, 0.4) is 0 Å². The number of rotatable bonds is 3. The molecule has 0 bridgehead atoms. The number of benzene rings is 2. The molecule has 18 heavy (non-hydrogen) atoms. The first kappa shape index (κ1) is 14.0. The molecule has 4 heteroatoms. The summed E-state index contributed by atoms with van der Waals surface area (Å²) in [6.45, 7) is 0. The van der Waals surface area contributed by atoms with Crippen LogP contribution in [0.4, 0.5) is 4.39 Å². The first-order valence-electron chi connectivity index (χ1n) is 5.40. The van der Waals surface area contributed by atoms with Gasteiger partial charge < -0.3 is 0 Å². The van der Waals surface area contributed by atoms with Crippen LogP contribution in [0.5, 0.6) is 0 Å². The van der Waals surface area contributed by atoms with E-state index in [4.69, 9.17) is 11.6 Å². The largest absolute Gasteiger partial charge is 0.207 e. The first-order valence-corrected chi connectivity index (χ1v) is 7.48. The zero-order valence-electron chi connectivity index (χ0n) is 9.34. The fourth-order valence-corrected chi connectivity index (χ4v) is 3.50. The van der Waals surface area contributed by atoms with Crippen molar-refractivity contribution in [3.63, 3.8) is 0 Å². The molecular formula is C14H10Br2ClF. The third kappa shape index (κ3) is 3.56. The molecule has 0 fully saturated rings. The lowest BCUT2D eigenvalue weighted by molar-refractivity contribution is 0.625. The minimum absolute atomic E-state index is 0.0902. The predicted octanol–water partition coefficient (Wildman–Crippen LogP) is 5.92. The first-order chi connectivity index (χ1) is 8.56. The van der Waals surface area contributed by atoms with Gasteiger partial charge in [-0.1, -0.05) is 55.6 Å². The van der Waals surface area contributed by atoms with Crippen molar-refractivity contribution in [1.29, 1.82) is 0 Å². The van der Waals surface area contributed by atoms with Crippen LogP contribution in [0.1, 0.15) is 16.0 Å². The summed E-state index contributed by atoms with van der Waals surface area (Å²) in [7, 11) is 0. The molecule has 2 aromatic carbocycles. The summed E-state index contributed by atoms with van der Waals surface area (Å²) < 4.78 is 14.1. The van der Waals surface area contributed by atoms with Gasteiger partial charge in [-0.3, -0.25) is 0 Å². The molecule has 2 aromatic rings. The van der Waals surface area contributed by atoms with E-state index in [0.29, 0.717) is 11.4 Å². The standard InChI is InChI=1S/C14H10Br2ClF/c15-13-5-4-10(17)8-12(13)14(16)7-9-2-1-3-11(18)6-9/h1-6,8,14H,7H2. The SMILES string of the molecule is Fc1cccc(CC(Br)c2cc(Cl)ccc2Br)c1. The molecule has 0 aliphatic carbocycles. The maximum Gasteiger partial charge on any atom is 0.123 e. The third-order valence-electron chi connectivity index (χ3n) is 2.60. The molecule has 94 valence electrons. The molecule has 0 heterocycles. The highest BCUT2D eigenvalue weighted by Gasteiger charge is 2.12. The summed E-state index contributed by atoms with van der Waals surface area (Å²) in [5.41, 5.74) is 2.01. The summed E-state index contributed by atoms with van der Waals surface area (Å²) in [6, 6.07) is 12.3. The van der Waals surface area contributed by atoms with E-state index < -0.39 is 0 Å². The van der Waals surface area contributed by atoms with Gasteiger partial charge in [0.05, 0.1) is 0 Å². The van der Waals surface area contributed by atoms with Crippen LogP contribution in [-0.2, 0) is 6.42 Å². The van der Waals surface area contributed by atoms with Gasteiger partial charge >= 0.3 is 0 Å². The zero-order chi connectivity index (χ0) is 13.1. The molecule has 0 N–H and O–H groups in total. The van der Waals surface area contributed by atoms with Crippen molar-refractivity contribution < 1.29 is 4.39 Å². The second kappa shape index (κ2) is 6.18. The zero-order valence-corrected chi connectivity index (χ0v) is 13.3. The van der Waals surface area contributed by atoms with Crippen molar-refractivity contribution in [2.45, 2.75) is 11.2 Å². The molecule has 0 nitrogen and oxygen atoms in total. The summed E-state index contributed by atoms with van der Waals surface area (Å²) in [5.74, 6) is -0.211. The van der Waals surface area contributed by atoms with Gasteiger partial charge in [-0.05, 0) is 47.9 Å². The van der Waals surface area contributed by atoms with Crippen LogP contribution in [0.25, 0.3) is 0 Å². The molecule has 0 aliphatic rings. The Morgan fingerprint density at radius 2 is 1.94 bits per heavy atom. The van der Waals surface area contributed by atoms with Crippen LogP contribution >= 0.6 is 43.5 Å². The summed E-state index contributed by atoms with van der Waals surface area (Å²) in [4.78, 5) is 0.0902. The predicted molar refractivity (Wildman–Crippen MR) is 80.9 cm³/mol. The molecule has 0 amide bonds. The lowest BCUT2D eigenvalue weighted by atomic mass is 10.0. The molecule has 1 unspecified atom stereocenters. The summed E-state index contributed by atoms with van der Waals surface area (Å²) in [6.07, 6.45) is 0.705. The van der Waals surface area contributed by atoms with E-state index in [1.54, 1.807) is 12.1 Å². The Hall–Kier alpha value is -0.380. The van der Waals surface area contributed by atoms with Gasteiger partial charge in [0, 0.05) is 14.3 Å². The smallest absolute Gasteiger partial charge is 0.123 e. The Kier molecular flexibility index (Phi) is 4.82. The number of hydrogen-bond acceptors (Lipinski definition) is 0.